The lowest BCUT2D eigenvalue weighted by Gasteiger charge is -2.22. The summed E-state index contributed by atoms with van der Waals surface area (Å²) in [5.74, 6) is -0.202. The number of amides is 1. The summed E-state index contributed by atoms with van der Waals surface area (Å²) in [5.41, 5.74) is 1.41. The minimum atomic E-state index is -0.424. The number of rotatable bonds is 5. The maximum Gasteiger partial charge on any atom is 0.369 e. The molecule has 1 aromatic carbocycles. The molecule has 24 heavy (non-hydrogen) atoms. The number of thiophene rings is 1. The van der Waals surface area contributed by atoms with Gasteiger partial charge < -0.3 is 4.90 Å². The summed E-state index contributed by atoms with van der Waals surface area (Å²) in [4.78, 5) is 26.6. The normalized spacial score (nSPS) is 10.8. The Labute approximate surface area is 142 Å². The van der Waals surface area contributed by atoms with Gasteiger partial charge in [0.15, 0.2) is 0 Å². The number of hydrogen-bond acceptors (Lipinski definition) is 5. The van der Waals surface area contributed by atoms with Crippen LogP contribution in [0.25, 0.3) is 5.00 Å². The molecule has 0 radical (unpaired) electrons. The summed E-state index contributed by atoms with van der Waals surface area (Å²) < 4.78 is 2.28. The van der Waals surface area contributed by atoms with Gasteiger partial charge in [-0.3, -0.25) is 4.79 Å². The first-order valence-electron chi connectivity index (χ1n) is 7.54. The molecular formula is C16H17N5O2S. The molecule has 0 atom stereocenters. The van der Waals surface area contributed by atoms with Crippen molar-refractivity contribution >= 4 is 22.9 Å². The minimum absolute atomic E-state index is 0.146. The first-order valence-corrected chi connectivity index (χ1v) is 8.42. The molecule has 0 bridgehead atoms. The van der Waals surface area contributed by atoms with Crippen LogP contribution in [0.5, 0.6) is 0 Å². The number of aromatic nitrogens is 4. The highest BCUT2D eigenvalue weighted by molar-refractivity contribution is 7.12. The van der Waals surface area contributed by atoms with E-state index in [1.165, 1.54) is 16.0 Å². The molecule has 0 fully saturated rings. The van der Waals surface area contributed by atoms with Crippen LogP contribution in [0.4, 0.5) is 5.69 Å². The van der Waals surface area contributed by atoms with E-state index < -0.39 is 5.69 Å². The molecule has 2 heterocycles. The highest BCUT2D eigenvalue weighted by Gasteiger charge is 2.19. The molecule has 0 spiro atoms. The number of anilines is 1. The van der Waals surface area contributed by atoms with Gasteiger partial charge in [0.2, 0.25) is 5.91 Å². The van der Waals surface area contributed by atoms with Crippen molar-refractivity contribution in [2.45, 2.75) is 20.4 Å². The molecule has 0 saturated heterocycles. The minimum Gasteiger partial charge on any atom is -0.311 e. The molecule has 2 aromatic heterocycles. The van der Waals surface area contributed by atoms with Gasteiger partial charge in [-0.15, -0.1) is 11.3 Å². The van der Waals surface area contributed by atoms with Crippen LogP contribution in [-0.4, -0.2) is 32.2 Å². The molecule has 3 rings (SSSR count). The molecule has 0 unspecified atom stereocenters. The highest BCUT2D eigenvalue weighted by Crippen LogP contribution is 2.19. The highest BCUT2D eigenvalue weighted by atomic mass is 32.1. The van der Waals surface area contributed by atoms with Crippen molar-refractivity contribution in [1.82, 2.24) is 19.8 Å². The maximum absolute atomic E-state index is 12.6. The van der Waals surface area contributed by atoms with Crippen LogP contribution >= 0.6 is 11.3 Å². The van der Waals surface area contributed by atoms with Gasteiger partial charge in [-0.2, -0.15) is 9.36 Å². The number of aryl methyl sites for hydroxylation is 1. The summed E-state index contributed by atoms with van der Waals surface area (Å²) in [7, 11) is 0. The zero-order chi connectivity index (χ0) is 17.1. The second-order valence-corrected chi connectivity index (χ2v) is 6.13. The largest absolute Gasteiger partial charge is 0.369 e. The van der Waals surface area contributed by atoms with Crippen LogP contribution in [0.1, 0.15) is 12.5 Å². The van der Waals surface area contributed by atoms with Gasteiger partial charge in [-0.25, -0.2) is 4.79 Å². The molecule has 124 valence electrons. The Kier molecular flexibility index (Phi) is 4.57. The van der Waals surface area contributed by atoms with E-state index in [1.807, 2.05) is 49.6 Å². The summed E-state index contributed by atoms with van der Waals surface area (Å²) in [6.07, 6.45) is 0. The van der Waals surface area contributed by atoms with Crippen LogP contribution in [-0.2, 0) is 11.3 Å². The van der Waals surface area contributed by atoms with Gasteiger partial charge in [0, 0.05) is 12.2 Å². The third kappa shape index (κ3) is 3.00. The SMILES string of the molecule is CCN(C(=O)Cn1nnn(-c2cccs2)c1=O)c1ccccc1C. The van der Waals surface area contributed by atoms with Gasteiger partial charge >= 0.3 is 5.69 Å². The summed E-state index contributed by atoms with van der Waals surface area (Å²) in [6.45, 7) is 4.21. The van der Waals surface area contributed by atoms with Crippen LogP contribution in [0.2, 0.25) is 0 Å². The Hall–Kier alpha value is -2.74. The van der Waals surface area contributed by atoms with Gasteiger partial charge in [-0.1, -0.05) is 18.2 Å². The fraction of sp³-hybridized carbons (Fsp3) is 0.250. The summed E-state index contributed by atoms with van der Waals surface area (Å²) >= 11 is 1.38. The predicted octanol–water partition coefficient (Wildman–Crippen LogP) is 1.85. The van der Waals surface area contributed by atoms with Crippen LogP contribution in [0.3, 0.4) is 0 Å². The smallest absolute Gasteiger partial charge is 0.311 e. The van der Waals surface area contributed by atoms with Crippen LogP contribution in [0.15, 0.2) is 46.6 Å². The second-order valence-electron chi connectivity index (χ2n) is 5.21. The third-order valence-electron chi connectivity index (χ3n) is 3.66. The van der Waals surface area contributed by atoms with Crippen LogP contribution in [0, 0.1) is 6.92 Å². The Morgan fingerprint density at radius 1 is 1.21 bits per heavy atom. The average Bonchev–Trinajstić information content (AvgIpc) is 3.21. The number of carbonyl (C=O) groups excluding carboxylic acids is 1. The average molecular weight is 343 g/mol. The molecule has 3 aromatic rings. The van der Waals surface area contributed by atoms with E-state index in [9.17, 15) is 9.59 Å². The Morgan fingerprint density at radius 2 is 2.00 bits per heavy atom. The number of carbonyl (C=O) groups is 1. The molecule has 0 N–H and O–H groups in total. The van der Waals surface area contributed by atoms with Crippen molar-refractivity contribution in [2.24, 2.45) is 0 Å². The first-order chi connectivity index (χ1) is 11.6. The summed E-state index contributed by atoms with van der Waals surface area (Å²) in [6, 6.07) is 11.3. The fourth-order valence-corrected chi connectivity index (χ4v) is 3.13. The van der Waals surface area contributed by atoms with E-state index in [2.05, 4.69) is 10.4 Å². The van der Waals surface area contributed by atoms with Gasteiger partial charge in [0.25, 0.3) is 0 Å². The van der Waals surface area contributed by atoms with Gasteiger partial charge in [0.1, 0.15) is 11.5 Å². The zero-order valence-corrected chi connectivity index (χ0v) is 14.2. The Balaban J connectivity index is 1.84. The standard InChI is InChI=1S/C16H17N5O2S/c1-3-19(13-8-5-4-7-12(13)2)14(22)11-20-16(23)21(18-17-20)15-9-6-10-24-15/h4-10H,3,11H2,1-2H3. The quantitative estimate of drug-likeness (QED) is 0.709. The van der Waals surface area contributed by atoms with Crippen molar-refractivity contribution in [3.05, 3.63) is 57.8 Å². The van der Waals surface area contributed by atoms with E-state index >= 15 is 0 Å². The van der Waals surface area contributed by atoms with E-state index in [4.69, 9.17) is 0 Å². The van der Waals surface area contributed by atoms with Gasteiger partial charge in [0.05, 0.1) is 0 Å². The molecule has 8 heteroatoms. The molecule has 7 nitrogen and oxygen atoms in total. The topological polar surface area (TPSA) is 73.0 Å². The van der Waals surface area contributed by atoms with E-state index in [0.29, 0.717) is 11.5 Å². The predicted molar refractivity (Wildman–Crippen MR) is 92.7 cm³/mol. The van der Waals surface area contributed by atoms with E-state index in [-0.39, 0.29) is 12.5 Å². The number of nitrogens with zero attached hydrogens (tertiary/aromatic N) is 5. The van der Waals surface area contributed by atoms with E-state index in [1.54, 1.807) is 11.0 Å². The van der Waals surface area contributed by atoms with E-state index in [0.717, 1.165) is 15.9 Å². The van der Waals surface area contributed by atoms with Gasteiger partial charge in [-0.05, 0) is 53.4 Å². The number of likely N-dealkylation sites (N-methyl/N-ethyl adjacent to an activating group) is 1. The third-order valence-corrected chi connectivity index (χ3v) is 4.51. The van der Waals surface area contributed by atoms with Crippen molar-refractivity contribution < 1.29 is 4.79 Å². The second kappa shape index (κ2) is 6.79. The van der Waals surface area contributed by atoms with Crippen molar-refractivity contribution in [1.29, 1.82) is 0 Å². The molecule has 0 saturated carbocycles. The molecule has 0 aliphatic rings. The number of benzene rings is 1. The Morgan fingerprint density at radius 3 is 2.67 bits per heavy atom. The number of para-hydroxylation sites is 1. The lowest BCUT2D eigenvalue weighted by molar-refractivity contribution is -0.119. The first kappa shape index (κ1) is 16.1. The Bertz CT molecular complexity index is 897. The fourth-order valence-electron chi connectivity index (χ4n) is 2.46. The van der Waals surface area contributed by atoms with Crippen molar-refractivity contribution in [3.8, 4) is 5.00 Å². The molecular weight excluding hydrogens is 326 g/mol. The summed E-state index contributed by atoms with van der Waals surface area (Å²) in [5, 5.41) is 10.2. The number of tetrazole rings is 1. The van der Waals surface area contributed by atoms with Crippen molar-refractivity contribution in [2.75, 3.05) is 11.4 Å². The molecule has 0 aliphatic carbocycles. The van der Waals surface area contributed by atoms with Crippen LogP contribution < -0.4 is 10.6 Å². The number of hydrogen-bond donors (Lipinski definition) is 0. The maximum atomic E-state index is 12.6. The lowest BCUT2D eigenvalue weighted by Crippen LogP contribution is -2.37. The van der Waals surface area contributed by atoms with Crippen molar-refractivity contribution in [3.63, 3.8) is 0 Å². The molecule has 1 amide bonds. The lowest BCUT2D eigenvalue weighted by atomic mass is 10.2. The molecule has 0 aliphatic heterocycles. The monoisotopic (exact) mass is 343 g/mol. The zero-order valence-electron chi connectivity index (χ0n) is 13.4.